The van der Waals surface area contributed by atoms with Crippen LogP contribution in [0.3, 0.4) is 0 Å². The minimum Gasteiger partial charge on any atom is -0.490 e. The number of hydrogen-bond acceptors (Lipinski definition) is 2. The summed E-state index contributed by atoms with van der Waals surface area (Å²) in [5.41, 5.74) is 0.886. The van der Waals surface area contributed by atoms with Gasteiger partial charge in [-0.25, -0.2) is 0 Å². The molecule has 0 bridgehead atoms. The summed E-state index contributed by atoms with van der Waals surface area (Å²) in [6.45, 7) is 0. The lowest BCUT2D eigenvalue weighted by Gasteiger charge is -2.15. The van der Waals surface area contributed by atoms with Crippen molar-refractivity contribution in [2.45, 2.75) is 31.2 Å². The fourth-order valence-corrected chi connectivity index (χ4v) is 2.70. The Balaban J connectivity index is 1.65. The third kappa shape index (κ3) is 1.96. The van der Waals surface area contributed by atoms with E-state index in [-0.39, 0.29) is 0 Å². The van der Waals surface area contributed by atoms with Crippen LogP contribution in [-0.4, -0.2) is 11.1 Å². The molecule has 2 saturated carbocycles. The van der Waals surface area contributed by atoms with Crippen molar-refractivity contribution < 1.29 is 4.74 Å². The average Bonchev–Trinajstić information content (AvgIpc) is 2.87. The molecule has 1 unspecified atom stereocenters. The number of nitrogens with zero attached hydrogens (tertiary/aromatic N) is 1. The Bertz CT molecular complexity index is 358. The molecule has 0 amide bonds. The smallest absolute Gasteiger partial charge is 0.123 e. The number of alkyl halides is 1. The second-order valence-corrected chi connectivity index (χ2v) is 4.85. The fraction of sp³-hybridized carbons (Fsp3) is 0.583. The maximum atomic E-state index is 5.92. The zero-order chi connectivity index (χ0) is 10.3. The van der Waals surface area contributed by atoms with Crippen molar-refractivity contribution in [2.24, 2.45) is 11.8 Å². The second-order valence-electron chi connectivity index (χ2n) is 4.58. The van der Waals surface area contributed by atoms with Crippen LogP contribution in [0, 0.1) is 11.8 Å². The van der Waals surface area contributed by atoms with Crippen LogP contribution in [0.25, 0.3) is 0 Å². The van der Waals surface area contributed by atoms with Gasteiger partial charge in [-0.1, -0.05) is 0 Å². The minimum atomic E-state index is 0.430. The number of rotatable bonds is 3. The van der Waals surface area contributed by atoms with Gasteiger partial charge in [-0.2, -0.15) is 0 Å². The SMILES string of the molecule is ClCc1cc(OC2C[C@@H]3C[C@@H]3C2)ccn1. The van der Waals surface area contributed by atoms with E-state index in [1.54, 1.807) is 6.20 Å². The van der Waals surface area contributed by atoms with E-state index in [9.17, 15) is 0 Å². The molecular formula is C12H14ClNO. The lowest BCUT2D eigenvalue weighted by Crippen LogP contribution is -2.13. The topological polar surface area (TPSA) is 22.1 Å². The second kappa shape index (κ2) is 3.67. The highest BCUT2D eigenvalue weighted by Gasteiger charge is 2.46. The van der Waals surface area contributed by atoms with Gasteiger partial charge in [0.1, 0.15) is 5.75 Å². The fourth-order valence-electron chi connectivity index (χ4n) is 2.55. The lowest BCUT2D eigenvalue weighted by molar-refractivity contribution is 0.194. The first-order valence-electron chi connectivity index (χ1n) is 5.52. The molecule has 0 aliphatic heterocycles. The van der Waals surface area contributed by atoms with Crippen molar-refractivity contribution in [3.8, 4) is 5.75 Å². The van der Waals surface area contributed by atoms with Gasteiger partial charge in [0.05, 0.1) is 17.7 Å². The molecule has 0 aromatic carbocycles. The van der Waals surface area contributed by atoms with Crippen LogP contribution in [0.2, 0.25) is 0 Å². The molecule has 2 aliphatic carbocycles. The number of ether oxygens (including phenoxy) is 1. The Morgan fingerprint density at radius 2 is 2.13 bits per heavy atom. The maximum absolute atomic E-state index is 5.92. The van der Waals surface area contributed by atoms with Gasteiger partial charge in [0, 0.05) is 12.3 Å². The van der Waals surface area contributed by atoms with Crippen molar-refractivity contribution in [3.05, 3.63) is 24.0 Å². The van der Waals surface area contributed by atoms with E-state index in [2.05, 4.69) is 4.98 Å². The van der Waals surface area contributed by atoms with Crippen molar-refractivity contribution in [1.29, 1.82) is 0 Å². The van der Waals surface area contributed by atoms with Gasteiger partial charge in [0.15, 0.2) is 0 Å². The van der Waals surface area contributed by atoms with Crippen molar-refractivity contribution in [2.75, 3.05) is 0 Å². The molecule has 2 nitrogen and oxygen atoms in total. The highest BCUT2D eigenvalue weighted by atomic mass is 35.5. The normalized spacial score (nSPS) is 32.5. The highest BCUT2D eigenvalue weighted by molar-refractivity contribution is 6.16. The molecule has 3 heteroatoms. The summed E-state index contributed by atoms with van der Waals surface area (Å²) in [6, 6.07) is 3.86. The van der Waals surface area contributed by atoms with Gasteiger partial charge < -0.3 is 4.74 Å². The van der Waals surface area contributed by atoms with E-state index < -0.39 is 0 Å². The van der Waals surface area contributed by atoms with Crippen LogP contribution in [0.4, 0.5) is 0 Å². The summed E-state index contributed by atoms with van der Waals surface area (Å²) in [5, 5.41) is 0. The molecule has 3 rings (SSSR count). The number of hydrogen-bond donors (Lipinski definition) is 0. The molecule has 0 N–H and O–H groups in total. The van der Waals surface area contributed by atoms with Crippen molar-refractivity contribution in [3.63, 3.8) is 0 Å². The van der Waals surface area contributed by atoms with Crippen molar-refractivity contribution >= 4 is 11.6 Å². The average molecular weight is 224 g/mol. The molecule has 3 atom stereocenters. The first-order valence-corrected chi connectivity index (χ1v) is 6.06. The van der Waals surface area contributed by atoms with E-state index in [1.165, 1.54) is 19.3 Å². The molecule has 1 aromatic rings. The molecule has 15 heavy (non-hydrogen) atoms. The number of aromatic nitrogens is 1. The first kappa shape index (κ1) is 9.46. The molecule has 2 aliphatic rings. The summed E-state index contributed by atoms with van der Waals surface area (Å²) in [6.07, 6.45) is 6.11. The van der Waals surface area contributed by atoms with Gasteiger partial charge in [-0.3, -0.25) is 4.98 Å². The summed E-state index contributed by atoms with van der Waals surface area (Å²) in [7, 11) is 0. The summed E-state index contributed by atoms with van der Waals surface area (Å²) in [4.78, 5) is 4.14. The lowest BCUT2D eigenvalue weighted by atomic mass is 10.2. The molecule has 0 spiro atoms. The molecule has 1 aromatic heterocycles. The molecule has 2 fully saturated rings. The summed E-state index contributed by atoms with van der Waals surface area (Å²) < 4.78 is 5.92. The Hall–Kier alpha value is -0.760. The number of pyridine rings is 1. The first-order chi connectivity index (χ1) is 7.35. The van der Waals surface area contributed by atoms with Gasteiger partial charge in [-0.05, 0) is 37.2 Å². The van der Waals surface area contributed by atoms with E-state index >= 15 is 0 Å². The van der Waals surface area contributed by atoms with Gasteiger partial charge in [0.2, 0.25) is 0 Å². The zero-order valence-corrected chi connectivity index (χ0v) is 9.28. The Morgan fingerprint density at radius 1 is 1.33 bits per heavy atom. The minimum absolute atomic E-state index is 0.430. The van der Waals surface area contributed by atoms with Crippen LogP contribution >= 0.6 is 11.6 Å². The zero-order valence-electron chi connectivity index (χ0n) is 8.53. The van der Waals surface area contributed by atoms with E-state index in [4.69, 9.17) is 16.3 Å². The summed E-state index contributed by atoms with van der Waals surface area (Å²) >= 11 is 5.73. The van der Waals surface area contributed by atoms with E-state index in [1.807, 2.05) is 12.1 Å². The highest BCUT2D eigenvalue weighted by Crippen LogP contribution is 2.52. The summed E-state index contributed by atoms with van der Waals surface area (Å²) in [5.74, 6) is 3.30. The molecule has 0 radical (unpaired) electrons. The molecule has 80 valence electrons. The van der Waals surface area contributed by atoms with Crippen LogP contribution in [0.5, 0.6) is 5.75 Å². The monoisotopic (exact) mass is 223 g/mol. The van der Waals surface area contributed by atoms with Crippen molar-refractivity contribution in [1.82, 2.24) is 4.98 Å². The third-order valence-electron chi connectivity index (χ3n) is 3.43. The Kier molecular flexibility index (Phi) is 2.32. The van der Waals surface area contributed by atoms with Crippen LogP contribution in [-0.2, 0) is 5.88 Å². The number of halogens is 1. The number of fused-ring (bicyclic) bond motifs is 1. The largest absolute Gasteiger partial charge is 0.490 e. The quantitative estimate of drug-likeness (QED) is 0.735. The van der Waals surface area contributed by atoms with Gasteiger partial charge in [0.25, 0.3) is 0 Å². The van der Waals surface area contributed by atoms with Crippen LogP contribution in [0.1, 0.15) is 25.0 Å². The third-order valence-corrected chi connectivity index (χ3v) is 3.70. The maximum Gasteiger partial charge on any atom is 0.123 e. The van der Waals surface area contributed by atoms with Crippen LogP contribution in [0.15, 0.2) is 18.3 Å². The predicted octanol–water partition coefficient (Wildman–Crippen LogP) is 3.00. The predicted molar refractivity (Wildman–Crippen MR) is 59.0 cm³/mol. The van der Waals surface area contributed by atoms with Gasteiger partial charge in [-0.15, -0.1) is 11.6 Å². The van der Waals surface area contributed by atoms with E-state index in [0.29, 0.717) is 12.0 Å². The van der Waals surface area contributed by atoms with E-state index in [0.717, 1.165) is 23.3 Å². The molecule has 0 saturated heterocycles. The standard InChI is InChI=1S/C12H14ClNO/c13-7-10-6-11(1-2-14-10)15-12-4-8-3-9(8)5-12/h1-2,6,8-9,12H,3-5,7H2/t8-,9+,12?. The van der Waals surface area contributed by atoms with Gasteiger partial charge >= 0.3 is 0 Å². The Morgan fingerprint density at radius 3 is 2.87 bits per heavy atom. The molecular weight excluding hydrogens is 210 g/mol. The Labute approximate surface area is 94.6 Å². The van der Waals surface area contributed by atoms with Crippen LogP contribution < -0.4 is 4.74 Å². The molecule has 1 heterocycles.